The number of anilines is 1. The molecule has 0 saturated heterocycles. The van der Waals surface area contributed by atoms with Gasteiger partial charge in [-0.3, -0.25) is 0 Å². The summed E-state index contributed by atoms with van der Waals surface area (Å²) in [6.45, 7) is 9.51. The van der Waals surface area contributed by atoms with Crippen LogP contribution in [0.3, 0.4) is 0 Å². The fourth-order valence-electron chi connectivity index (χ4n) is 1.54. The number of thiocarbonyl (C=S) groups is 1. The van der Waals surface area contributed by atoms with Crippen LogP contribution in [-0.4, -0.2) is 27.5 Å². The number of rotatable bonds is 5. The van der Waals surface area contributed by atoms with Gasteiger partial charge in [0.1, 0.15) is 10.7 Å². The Morgan fingerprint density at radius 3 is 2.53 bits per heavy atom. The van der Waals surface area contributed by atoms with Gasteiger partial charge in [0.05, 0.1) is 0 Å². The first-order chi connectivity index (χ1) is 7.91. The van der Waals surface area contributed by atoms with Crippen LogP contribution in [0.5, 0.6) is 0 Å². The van der Waals surface area contributed by atoms with Gasteiger partial charge in [0, 0.05) is 18.8 Å². The summed E-state index contributed by atoms with van der Waals surface area (Å²) < 4.78 is 0. The molecule has 0 spiro atoms. The van der Waals surface area contributed by atoms with Crippen LogP contribution >= 0.6 is 12.2 Å². The first-order valence-corrected chi connectivity index (χ1v) is 6.22. The third kappa shape index (κ3) is 3.93. The maximum atomic E-state index is 5.58. The van der Waals surface area contributed by atoms with E-state index in [4.69, 9.17) is 18.0 Å². The molecule has 0 radical (unpaired) electrons. The monoisotopic (exact) mass is 252 g/mol. The molecule has 0 aliphatic carbocycles. The molecule has 5 heteroatoms. The minimum absolute atomic E-state index is 0.307. The van der Waals surface area contributed by atoms with Crippen molar-refractivity contribution in [1.29, 1.82) is 0 Å². The van der Waals surface area contributed by atoms with Crippen molar-refractivity contribution in [1.82, 2.24) is 9.97 Å². The number of nitrogens with two attached hydrogens (primary N) is 1. The van der Waals surface area contributed by atoms with Crippen molar-refractivity contribution in [3.05, 3.63) is 18.0 Å². The van der Waals surface area contributed by atoms with Crippen molar-refractivity contribution in [2.75, 3.05) is 11.4 Å². The standard InChI is InChI=1S/C12H20N4S/c1-8(2)7-16(9(3)4)12-14-6-5-10(15-12)11(13)17/h5-6,8-9H,7H2,1-4H3,(H2,13,17). The highest BCUT2D eigenvalue weighted by Crippen LogP contribution is 2.13. The van der Waals surface area contributed by atoms with Crippen molar-refractivity contribution in [2.45, 2.75) is 33.7 Å². The SMILES string of the molecule is CC(C)CN(c1nccc(C(N)=S)n1)C(C)C. The fraction of sp³-hybridized carbons (Fsp3) is 0.583. The number of nitrogens with zero attached hydrogens (tertiary/aromatic N) is 3. The smallest absolute Gasteiger partial charge is 0.226 e. The molecule has 1 rings (SSSR count). The summed E-state index contributed by atoms with van der Waals surface area (Å²) in [6.07, 6.45) is 1.70. The first-order valence-electron chi connectivity index (χ1n) is 5.81. The van der Waals surface area contributed by atoms with E-state index < -0.39 is 0 Å². The highest BCUT2D eigenvalue weighted by atomic mass is 32.1. The largest absolute Gasteiger partial charge is 0.388 e. The quantitative estimate of drug-likeness (QED) is 0.812. The predicted octanol–water partition coefficient (Wildman–Crippen LogP) is 1.98. The number of aromatic nitrogens is 2. The van der Waals surface area contributed by atoms with Crippen molar-refractivity contribution >= 4 is 23.2 Å². The molecule has 0 fully saturated rings. The summed E-state index contributed by atoms with van der Waals surface area (Å²) in [5.41, 5.74) is 6.21. The first kappa shape index (κ1) is 13.8. The topological polar surface area (TPSA) is 55.0 Å². The van der Waals surface area contributed by atoms with Crippen molar-refractivity contribution in [3.63, 3.8) is 0 Å². The molecule has 0 atom stereocenters. The lowest BCUT2D eigenvalue weighted by atomic mass is 10.2. The van der Waals surface area contributed by atoms with Gasteiger partial charge in [-0.25, -0.2) is 9.97 Å². The zero-order valence-electron chi connectivity index (χ0n) is 10.8. The molecule has 4 nitrogen and oxygen atoms in total. The molecule has 0 aromatic carbocycles. The Morgan fingerprint density at radius 1 is 1.41 bits per heavy atom. The Labute approximate surface area is 108 Å². The second kappa shape index (κ2) is 5.91. The van der Waals surface area contributed by atoms with Crippen LogP contribution in [0.15, 0.2) is 12.3 Å². The summed E-state index contributed by atoms with van der Waals surface area (Å²) in [6, 6.07) is 2.08. The lowest BCUT2D eigenvalue weighted by molar-refractivity contribution is 0.560. The number of hydrogen-bond acceptors (Lipinski definition) is 4. The van der Waals surface area contributed by atoms with E-state index in [0.717, 1.165) is 6.54 Å². The van der Waals surface area contributed by atoms with E-state index >= 15 is 0 Å². The molecule has 1 aromatic heterocycles. The summed E-state index contributed by atoms with van der Waals surface area (Å²) in [5.74, 6) is 1.24. The lowest BCUT2D eigenvalue weighted by Crippen LogP contribution is -2.36. The van der Waals surface area contributed by atoms with Crippen molar-refractivity contribution in [3.8, 4) is 0 Å². The van der Waals surface area contributed by atoms with Crippen LogP contribution in [0, 0.1) is 5.92 Å². The van der Waals surface area contributed by atoms with Gasteiger partial charge in [0.2, 0.25) is 5.95 Å². The number of hydrogen-bond donors (Lipinski definition) is 1. The average molecular weight is 252 g/mol. The van der Waals surface area contributed by atoms with Gasteiger partial charge in [-0.1, -0.05) is 26.1 Å². The second-order valence-electron chi connectivity index (χ2n) is 4.75. The van der Waals surface area contributed by atoms with Crippen LogP contribution in [0.2, 0.25) is 0 Å². The average Bonchev–Trinajstić information content (AvgIpc) is 2.25. The minimum atomic E-state index is 0.307. The van der Waals surface area contributed by atoms with E-state index in [-0.39, 0.29) is 0 Å². The second-order valence-corrected chi connectivity index (χ2v) is 5.19. The van der Waals surface area contributed by atoms with Gasteiger partial charge < -0.3 is 10.6 Å². The summed E-state index contributed by atoms with van der Waals surface area (Å²) in [7, 11) is 0. The van der Waals surface area contributed by atoms with E-state index in [9.17, 15) is 0 Å². The third-order valence-corrected chi connectivity index (χ3v) is 2.55. The van der Waals surface area contributed by atoms with Crippen LogP contribution in [0.1, 0.15) is 33.4 Å². The Bertz CT molecular complexity index is 390. The molecule has 2 N–H and O–H groups in total. The summed E-state index contributed by atoms with van der Waals surface area (Å²) >= 11 is 4.93. The van der Waals surface area contributed by atoms with E-state index in [1.807, 2.05) is 0 Å². The zero-order chi connectivity index (χ0) is 13.0. The molecular weight excluding hydrogens is 232 g/mol. The van der Waals surface area contributed by atoms with Gasteiger partial charge >= 0.3 is 0 Å². The van der Waals surface area contributed by atoms with E-state index in [1.54, 1.807) is 12.3 Å². The van der Waals surface area contributed by atoms with Gasteiger partial charge in [-0.15, -0.1) is 0 Å². The fourth-order valence-corrected chi connectivity index (χ4v) is 1.65. The minimum Gasteiger partial charge on any atom is -0.388 e. The van der Waals surface area contributed by atoms with Crippen molar-refractivity contribution < 1.29 is 0 Å². The molecule has 1 aromatic rings. The van der Waals surface area contributed by atoms with Gasteiger partial charge in [-0.2, -0.15) is 0 Å². The molecule has 1 heterocycles. The summed E-state index contributed by atoms with van der Waals surface area (Å²) in [5, 5.41) is 0. The van der Waals surface area contributed by atoms with E-state index in [1.165, 1.54) is 0 Å². The molecular formula is C12H20N4S. The highest BCUT2D eigenvalue weighted by molar-refractivity contribution is 7.80. The zero-order valence-corrected chi connectivity index (χ0v) is 11.7. The van der Waals surface area contributed by atoms with E-state index in [0.29, 0.717) is 28.6 Å². The van der Waals surface area contributed by atoms with E-state index in [2.05, 4.69) is 42.6 Å². The van der Waals surface area contributed by atoms with Gasteiger partial charge in [0.25, 0.3) is 0 Å². The molecule has 0 saturated carbocycles. The maximum absolute atomic E-state index is 5.58. The Hall–Kier alpha value is -1.23. The molecule has 0 aliphatic heterocycles. The molecule has 17 heavy (non-hydrogen) atoms. The molecule has 0 aliphatic rings. The highest BCUT2D eigenvalue weighted by Gasteiger charge is 2.15. The lowest BCUT2D eigenvalue weighted by Gasteiger charge is -2.28. The van der Waals surface area contributed by atoms with Gasteiger partial charge in [-0.05, 0) is 25.8 Å². The molecule has 0 bridgehead atoms. The van der Waals surface area contributed by atoms with Crippen LogP contribution in [0.4, 0.5) is 5.95 Å². The molecule has 94 valence electrons. The van der Waals surface area contributed by atoms with Crippen molar-refractivity contribution in [2.24, 2.45) is 11.7 Å². The van der Waals surface area contributed by atoms with Crippen LogP contribution in [0.25, 0.3) is 0 Å². The van der Waals surface area contributed by atoms with Crippen LogP contribution < -0.4 is 10.6 Å². The maximum Gasteiger partial charge on any atom is 0.226 e. The summed E-state index contributed by atoms with van der Waals surface area (Å²) in [4.78, 5) is 11.2. The molecule has 0 amide bonds. The normalized spacial score (nSPS) is 10.9. The predicted molar refractivity (Wildman–Crippen MR) is 75.2 cm³/mol. The van der Waals surface area contributed by atoms with Gasteiger partial charge in [0.15, 0.2) is 0 Å². The Morgan fingerprint density at radius 2 is 2.06 bits per heavy atom. The Balaban J connectivity index is 3.01. The third-order valence-electron chi connectivity index (χ3n) is 2.34. The molecule has 0 unspecified atom stereocenters. The Kier molecular flexibility index (Phi) is 4.81. The van der Waals surface area contributed by atoms with Crippen LogP contribution in [-0.2, 0) is 0 Å².